The number of benzene rings is 1. The van der Waals surface area contributed by atoms with Crippen molar-refractivity contribution >= 4 is 17.4 Å². The summed E-state index contributed by atoms with van der Waals surface area (Å²) in [6, 6.07) is 9.78. The van der Waals surface area contributed by atoms with Gasteiger partial charge < -0.3 is 15.1 Å². The Bertz CT molecular complexity index is 738. The third kappa shape index (κ3) is 3.89. The van der Waals surface area contributed by atoms with E-state index in [0.717, 1.165) is 31.9 Å². The van der Waals surface area contributed by atoms with Gasteiger partial charge in [-0.2, -0.15) is 0 Å². The van der Waals surface area contributed by atoms with Crippen molar-refractivity contribution in [2.45, 2.75) is 13.8 Å². The first kappa shape index (κ1) is 16.4. The number of carbonyl (C=O) groups excluding carboxylic acids is 1. The van der Waals surface area contributed by atoms with Crippen molar-refractivity contribution in [3.63, 3.8) is 0 Å². The molecule has 1 aromatic carbocycles. The van der Waals surface area contributed by atoms with Gasteiger partial charge in [-0.15, -0.1) is 0 Å². The number of rotatable bonds is 3. The van der Waals surface area contributed by atoms with Crippen LogP contribution in [0, 0.1) is 13.8 Å². The van der Waals surface area contributed by atoms with Crippen LogP contribution in [0.1, 0.15) is 21.9 Å². The monoisotopic (exact) mass is 325 g/mol. The summed E-state index contributed by atoms with van der Waals surface area (Å²) < 4.78 is 0. The molecular formula is C18H23N5O. The zero-order valence-electron chi connectivity index (χ0n) is 14.4. The highest BCUT2D eigenvalue weighted by atomic mass is 16.2. The van der Waals surface area contributed by atoms with Crippen LogP contribution < -0.4 is 5.32 Å². The molecule has 0 spiro atoms. The molecule has 1 N–H and O–H groups in total. The third-order valence-corrected chi connectivity index (χ3v) is 4.14. The smallest absolute Gasteiger partial charge is 0.272 e. The topological polar surface area (TPSA) is 61.4 Å². The van der Waals surface area contributed by atoms with Gasteiger partial charge in [0.05, 0.1) is 0 Å². The summed E-state index contributed by atoms with van der Waals surface area (Å²) >= 11 is 0. The van der Waals surface area contributed by atoms with Crippen LogP contribution in [0.25, 0.3) is 0 Å². The molecular weight excluding hydrogens is 302 g/mol. The number of aromatic nitrogens is 2. The molecule has 2 heterocycles. The van der Waals surface area contributed by atoms with E-state index < -0.39 is 0 Å². The lowest BCUT2D eigenvalue weighted by Crippen LogP contribution is -2.47. The van der Waals surface area contributed by atoms with Crippen LogP contribution >= 0.6 is 0 Å². The van der Waals surface area contributed by atoms with Crippen LogP contribution in [0.4, 0.5) is 11.5 Å². The van der Waals surface area contributed by atoms with Gasteiger partial charge in [0.2, 0.25) is 0 Å². The third-order valence-electron chi connectivity index (χ3n) is 4.14. The second kappa shape index (κ2) is 6.97. The van der Waals surface area contributed by atoms with E-state index in [1.165, 1.54) is 5.56 Å². The molecule has 1 amide bonds. The first-order chi connectivity index (χ1) is 11.5. The minimum Gasteiger partial charge on any atom is -0.340 e. The van der Waals surface area contributed by atoms with Gasteiger partial charge in [-0.05, 0) is 38.6 Å². The van der Waals surface area contributed by atoms with Gasteiger partial charge in [-0.25, -0.2) is 9.97 Å². The summed E-state index contributed by atoms with van der Waals surface area (Å²) in [5.41, 5.74) is 2.56. The van der Waals surface area contributed by atoms with E-state index in [0.29, 0.717) is 17.3 Å². The van der Waals surface area contributed by atoms with Gasteiger partial charge in [0.15, 0.2) is 0 Å². The molecule has 2 aromatic rings. The highest BCUT2D eigenvalue weighted by Gasteiger charge is 2.22. The predicted molar refractivity (Wildman–Crippen MR) is 94.6 cm³/mol. The standard InChI is InChI=1S/C18H23N5O/c1-13-5-4-6-15(11-13)21-17-12-16(19-14(2)20-17)18(24)23-9-7-22(3)8-10-23/h4-6,11-12H,7-10H2,1-3H3,(H,19,20,21). The van der Waals surface area contributed by atoms with E-state index in [4.69, 9.17) is 0 Å². The number of nitrogens with one attached hydrogen (secondary N) is 1. The van der Waals surface area contributed by atoms with Crippen molar-refractivity contribution < 1.29 is 4.79 Å². The minimum atomic E-state index is -0.0270. The highest BCUT2D eigenvalue weighted by Crippen LogP contribution is 2.17. The molecule has 6 heteroatoms. The number of nitrogens with zero attached hydrogens (tertiary/aromatic N) is 4. The molecule has 1 aliphatic heterocycles. The maximum absolute atomic E-state index is 12.7. The average Bonchev–Trinajstić information content (AvgIpc) is 2.54. The number of likely N-dealkylation sites (N-methyl/N-ethyl adjacent to an activating group) is 1. The predicted octanol–water partition coefficient (Wildman–Crippen LogP) is 2.22. The summed E-state index contributed by atoms with van der Waals surface area (Å²) in [4.78, 5) is 25.5. The van der Waals surface area contributed by atoms with Crippen LogP contribution in [-0.4, -0.2) is 58.9 Å². The van der Waals surface area contributed by atoms with Crippen molar-refractivity contribution in [3.8, 4) is 0 Å². The zero-order chi connectivity index (χ0) is 17.1. The van der Waals surface area contributed by atoms with Gasteiger partial charge in [0, 0.05) is 37.9 Å². The molecule has 1 aromatic heterocycles. The molecule has 3 rings (SSSR count). The van der Waals surface area contributed by atoms with E-state index in [1.807, 2.05) is 43.0 Å². The average molecular weight is 325 g/mol. The largest absolute Gasteiger partial charge is 0.340 e. The Balaban J connectivity index is 1.79. The van der Waals surface area contributed by atoms with Crippen molar-refractivity contribution in [3.05, 3.63) is 47.4 Å². The molecule has 0 saturated carbocycles. The Kier molecular flexibility index (Phi) is 4.76. The summed E-state index contributed by atoms with van der Waals surface area (Å²) in [7, 11) is 2.07. The van der Waals surface area contributed by atoms with Gasteiger partial charge >= 0.3 is 0 Å². The number of piperazine rings is 1. The van der Waals surface area contributed by atoms with E-state index >= 15 is 0 Å². The molecule has 6 nitrogen and oxygen atoms in total. The Morgan fingerprint density at radius 1 is 1.08 bits per heavy atom. The number of hydrogen-bond acceptors (Lipinski definition) is 5. The molecule has 1 fully saturated rings. The number of amides is 1. The van der Waals surface area contributed by atoms with E-state index in [1.54, 1.807) is 6.07 Å². The number of anilines is 2. The lowest BCUT2D eigenvalue weighted by atomic mass is 10.2. The number of hydrogen-bond donors (Lipinski definition) is 1. The summed E-state index contributed by atoms with van der Waals surface area (Å²) in [6.07, 6.45) is 0. The van der Waals surface area contributed by atoms with Crippen molar-refractivity contribution in [2.24, 2.45) is 0 Å². The molecule has 0 atom stereocenters. The number of carbonyl (C=O) groups is 1. The van der Waals surface area contributed by atoms with Gasteiger partial charge in [0.25, 0.3) is 5.91 Å². The fraction of sp³-hybridized carbons (Fsp3) is 0.389. The van der Waals surface area contributed by atoms with Crippen LogP contribution in [0.5, 0.6) is 0 Å². The summed E-state index contributed by atoms with van der Waals surface area (Å²) in [5.74, 6) is 1.21. The Hall–Kier alpha value is -2.47. The first-order valence-corrected chi connectivity index (χ1v) is 8.18. The van der Waals surface area contributed by atoms with Crippen LogP contribution in [0.3, 0.4) is 0 Å². The maximum atomic E-state index is 12.7. The van der Waals surface area contributed by atoms with E-state index in [2.05, 4.69) is 27.2 Å². The second-order valence-electron chi connectivity index (χ2n) is 6.28. The maximum Gasteiger partial charge on any atom is 0.272 e. The van der Waals surface area contributed by atoms with Gasteiger partial charge in [-0.1, -0.05) is 12.1 Å². The number of aryl methyl sites for hydroxylation is 2. The minimum absolute atomic E-state index is 0.0270. The second-order valence-corrected chi connectivity index (χ2v) is 6.28. The fourth-order valence-corrected chi connectivity index (χ4v) is 2.78. The Morgan fingerprint density at radius 3 is 2.54 bits per heavy atom. The van der Waals surface area contributed by atoms with Gasteiger partial charge in [-0.3, -0.25) is 4.79 Å². The van der Waals surface area contributed by atoms with Crippen LogP contribution in [0.15, 0.2) is 30.3 Å². The summed E-state index contributed by atoms with van der Waals surface area (Å²) in [5, 5.41) is 3.26. The lowest BCUT2D eigenvalue weighted by Gasteiger charge is -2.32. The molecule has 1 saturated heterocycles. The van der Waals surface area contributed by atoms with E-state index in [9.17, 15) is 4.79 Å². The molecule has 1 aliphatic rings. The van der Waals surface area contributed by atoms with E-state index in [-0.39, 0.29) is 5.91 Å². The molecule has 0 unspecified atom stereocenters. The molecule has 0 radical (unpaired) electrons. The Labute approximate surface area is 142 Å². The normalized spacial score (nSPS) is 15.4. The quantitative estimate of drug-likeness (QED) is 0.937. The van der Waals surface area contributed by atoms with Crippen molar-refractivity contribution in [1.29, 1.82) is 0 Å². The van der Waals surface area contributed by atoms with Gasteiger partial charge in [0.1, 0.15) is 17.3 Å². The fourth-order valence-electron chi connectivity index (χ4n) is 2.78. The van der Waals surface area contributed by atoms with Crippen molar-refractivity contribution in [1.82, 2.24) is 19.8 Å². The SMILES string of the molecule is Cc1cccc(Nc2cc(C(=O)N3CCN(C)CC3)nc(C)n2)c1. The van der Waals surface area contributed by atoms with Crippen molar-refractivity contribution in [2.75, 3.05) is 38.5 Å². The first-order valence-electron chi connectivity index (χ1n) is 8.18. The molecule has 0 aliphatic carbocycles. The lowest BCUT2D eigenvalue weighted by molar-refractivity contribution is 0.0658. The highest BCUT2D eigenvalue weighted by molar-refractivity contribution is 5.93. The Morgan fingerprint density at radius 2 is 1.83 bits per heavy atom. The molecule has 24 heavy (non-hydrogen) atoms. The molecule has 126 valence electrons. The zero-order valence-corrected chi connectivity index (χ0v) is 14.4. The van der Waals surface area contributed by atoms with Crippen LogP contribution in [-0.2, 0) is 0 Å². The summed E-state index contributed by atoms with van der Waals surface area (Å²) in [6.45, 7) is 7.10. The van der Waals surface area contributed by atoms with Crippen LogP contribution in [0.2, 0.25) is 0 Å². The molecule has 0 bridgehead atoms.